The zero-order valence-electron chi connectivity index (χ0n) is 7.96. The molecule has 0 aliphatic rings. The number of nitrogens with zero attached hydrogens (tertiary/aromatic N) is 1. The number of hydrogen-bond donors (Lipinski definition) is 2. The molecule has 14 heavy (non-hydrogen) atoms. The quantitative estimate of drug-likeness (QED) is 0.759. The topological polar surface area (TPSA) is 74.8 Å². The van der Waals surface area contributed by atoms with Gasteiger partial charge in [0.1, 0.15) is 4.90 Å². The zero-order valence-corrected chi connectivity index (χ0v) is 9.54. The molecule has 80 valence electrons. The van der Waals surface area contributed by atoms with Crippen molar-refractivity contribution in [3.8, 4) is 0 Å². The Morgan fingerprint density at radius 3 is 2.71 bits per heavy atom. The van der Waals surface area contributed by atoms with E-state index in [-0.39, 0.29) is 10.8 Å². The molecule has 5 nitrogen and oxygen atoms in total. The van der Waals surface area contributed by atoms with E-state index in [4.69, 9.17) is 11.6 Å². The summed E-state index contributed by atoms with van der Waals surface area (Å²) in [5.74, 6) is 0.0737. The molecule has 0 bridgehead atoms. The fraction of sp³-hybridized carbons (Fsp3) is 0.571. The summed E-state index contributed by atoms with van der Waals surface area (Å²) in [4.78, 5) is 0.161. The van der Waals surface area contributed by atoms with Gasteiger partial charge in [0.15, 0.2) is 0 Å². The van der Waals surface area contributed by atoms with Crippen LogP contribution in [0, 0.1) is 6.92 Å². The van der Waals surface area contributed by atoms with E-state index in [1.165, 1.54) is 0 Å². The Balaban J connectivity index is 3.23. The number of rotatable bonds is 4. The lowest BCUT2D eigenvalue weighted by atomic mass is 10.4. The van der Waals surface area contributed by atoms with Crippen molar-refractivity contribution in [1.82, 2.24) is 14.9 Å². The van der Waals surface area contributed by atoms with Crippen molar-refractivity contribution in [2.75, 3.05) is 6.54 Å². The van der Waals surface area contributed by atoms with E-state index >= 15 is 0 Å². The molecule has 0 saturated heterocycles. The van der Waals surface area contributed by atoms with Gasteiger partial charge in [0, 0.05) is 6.54 Å². The van der Waals surface area contributed by atoms with E-state index < -0.39 is 10.0 Å². The molecule has 1 aromatic heterocycles. The molecule has 0 saturated carbocycles. The number of halogens is 1. The number of H-pyrrole nitrogens is 1. The van der Waals surface area contributed by atoms with Gasteiger partial charge in [-0.2, -0.15) is 5.10 Å². The molecule has 0 aliphatic heterocycles. The Bertz CT molecular complexity index is 413. The van der Waals surface area contributed by atoms with Crippen molar-refractivity contribution >= 4 is 21.6 Å². The van der Waals surface area contributed by atoms with Crippen LogP contribution in [0.1, 0.15) is 18.3 Å². The van der Waals surface area contributed by atoms with Crippen LogP contribution in [0.25, 0.3) is 0 Å². The largest absolute Gasteiger partial charge is 0.281 e. The van der Waals surface area contributed by atoms with Gasteiger partial charge in [0.05, 0.1) is 17.3 Å². The van der Waals surface area contributed by atoms with Crippen LogP contribution in [0.15, 0.2) is 4.90 Å². The molecule has 1 rings (SSSR count). The molecule has 0 atom stereocenters. The van der Waals surface area contributed by atoms with E-state index in [9.17, 15) is 8.42 Å². The summed E-state index contributed by atoms with van der Waals surface area (Å²) in [5.41, 5.74) is 0.853. The number of sulfonamides is 1. The molecule has 0 fully saturated rings. The van der Waals surface area contributed by atoms with Crippen LogP contribution in [0.3, 0.4) is 0 Å². The first-order chi connectivity index (χ1) is 6.53. The van der Waals surface area contributed by atoms with Crippen molar-refractivity contribution in [3.05, 3.63) is 11.4 Å². The Morgan fingerprint density at radius 2 is 2.21 bits per heavy atom. The summed E-state index contributed by atoms with van der Waals surface area (Å²) in [7, 11) is -3.47. The highest BCUT2D eigenvalue weighted by molar-refractivity contribution is 7.89. The summed E-state index contributed by atoms with van der Waals surface area (Å²) in [6, 6.07) is 0. The summed E-state index contributed by atoms with van der Waals surface area (Å²) < 4.78 is 25.7. The highest BCUT2D eigenvalue weighted by atomic mass is 35.5. The molecule has 2 N–H and O–H groups in total. The van der Waals surface area contributed by atoms with Gasteiger partial charge in [0.2, 0.25) is 10.0 Å². The maximum Gasteiger partial charge on any atom is 0.244 e. The Labute approximate surface area is 87.9 Å². The smallest absolute Gasteiger partial charge is 0.244 e. The number of alkyl halides is 1. The average Bonchev–Trinajstić information content (AvgIpc) is 2.47. The van der Waals surface area contributed by atoms with Crippen LogP contribution < -0.4 is 4.72 Å². The first kappa shape index (κ1) is 11.5. The van der Waals surface area contributed by atoms with Crippen LogP contribution in [-0.4, -0.2) is 25.2 Å². The molecular weight excluding hydrogens is 226 g/mol. The van der Waals surface area contributed by atoms with E-state index in [2.05, 4.69) is 14.9 Å². The monoisotopic (exact) mass is 237 g/mol. The number of aromatic amines is 1. The molecule has 0 amide bonds. The van der Waals surface area contributed by atoms with Gasteiger partial charge in [-0.15, -0.1) is 11.6 Å². The first-order valence-electron chi connectivity index (χ1n) is 4.12. The number of hydrogen-bond acceptors (Lipinski definition) is 3. The van der Waals surface area contributed by atoms with Gasteiger partial charge in [0.25, 0.3) is 0 Å². The second-order valence-electron chi connectivity index (χ2n) is 2.76. The Kier molecular flexibility index (Phi) is 3.52. The Morgan fingerprint density at radius 1 is 1.57 bits per heavy atom. The van der Waals surface area contributed by atoms with Gasteiger partial charge in [-0.25, -0.2) is 13.1 Å². The average molecular weight is 238 g/mol. The molecule has 0 radical (unpaired) electrons. The predicted octanol–water partition coefficient (Wildman–Crippen LogP) is 0.755. The van der Waals surface area contributed by atoms with Crippen LogP contribution in [0.4, 0.5) is 0 Å². The van der Waals surface area contributed by atoms with Crippen LogP contribution in [0.5, 0.6) is 0 Å². The molecule has 0 spiro atoms. The normalized spacial score (nSPS) is 11.9. The summed E-state index contributed by atoms with van der Waals surface area (Å²) >= 11 is 5.58. The predicted molar refractivity (Wildman–Crippen MR) is 53.7 cm³/mol. The van der Waals surface area contributed by atoms with Crippen LogP contribution in [0.2, 0.25) is 0 Å². The molecule has 1 aromatic rings. The molecular formula is C7H12ClN3O2S. The summed E-state index contributed by atoms with van der Waals surface area (Å²) in [6.07, 6.45) is 0. The van der Waals surface area contributed by atoms with Crippen molar-refractivity contribution in [3.63, 3.8) is 0 Å². The fourth-order valence-electron chi connectivity index (χ4n) is 1.18. The first-order valence-corrected chi connectivity index (χ1v) is 6.14. The molecule has 0 aliphatic carbocycles. The maximum absolute atomic E-state index is 11.7. The minimum atomic E-state index is -3.47. The second kappa shape index (κ2) is 4.29. The SMILES string of the molecule is CCNS(=O)(=O)c1c(CCl)n[nH]c1C. The standard InChI is InChI=1S/C7H12ClN3O2S/c1-3-9-14(12,13)7-5(2)10-11-6(7)4-8/h9H,3-4H2,1-2H3,(H,10,11). The maximum atomic E-state index is 11.7. The van der Waals surface area contributed by atoms with E-state index in [1.54, 1.807) is 13.8 Å². The fourth-order valence-corrected chi connectivity index (χ4v) is 2.85. The third-order valence-corrected chi connectivity index (χ3v) is 3.69. The lowest BCUT2D eigenvalue weighted by Crippen LogP contribution is -2.24. The van der Waals surface area contributed by atoms with E-state index in [0.29, 0.717) is 17.9 Å². The van der Waals surface area contributed by atoms with Crippen molar-refractivity contribution < 1.29 is 8.42 Å². The third-order valence-electron chi connectivity index (χ3n) is 1.69. The van der Waals surface area contributed by atoms with Gasteiger partial charge in [-0.3, -0.25) is 5.10 Å². The Hall–Kier alpha value is -0.590. The van der Waals surface area contributed by atoms with E-state index in [0.717, 1.165) is 0 Å². The minimum Gasteiger partial charge on any atom is -0.281 e. The number of aromatic nitrogens is 2. The molecule has 0 unspecified atom stereocenters. The van der Waals surface area contributed by atoms with Crippen molar-refractivity contribution in [1.29, 1.82) is 0 Å². The van der Waals surface area contributed by atoms with Gasteiger partial charge in [-0.05, 0) is 6.92 Å². The van der Waals surface area contributed by atoms with Crippen LogP contribution >= 0.6 is 11.6 Å². The van der Waals surface area contributed by atoms with Gasteiger partial charge >= 0.3 is 0 Å². The molecule has 7 heteroatoms. The minimum absolute atomic E-state index is 0.0737. The lowest BCUT2D eigenvalue weighted by molar-refractivity contribution is 0.582. The van der Waals surface area contributed by atoms with E-state index in [1.807, 2.05) is 0 Å². The summed E-state index contributed by atoms with van der Waals surface area (Å²) in [5, 5.41) is 6.41. The molecule has 1 heterocycles. The lowest BCUT2D eigenvalue weighted by Gasteiger charge is -2.04. The number of nitrogens with one attached hydrogen (secondary N) is 2. The van der Waals surface area contributed by atoms with Gasteiger partial charge < -0.3 is 0 Å². The highest BCUT2D eigenvalue weighted by Gasteiger charge is 2.22. The van der Waals surface area contributed by atoms with Crippen LogP contribution in [-0.2, 0) is 15.9 Å². The zero-order chi connectivity index (χ0) is 10.8. The van der Waals surface area contributed by atoms with Crippen molar-refractivity contribution in [2.45, 2.75) is 24.6 Å². The van der Waals surface area contributed by atoms with Gasteiger partial charge in [-0.1, -0.05) is 6.92 Å². The van der Waals surface area contributed by atoms with Crippen molar-refractivity contribution in [2.24, 2.45) is 0 Å². The third kappa shape index (κ3) is 2.08. The highest BCUT2D eigenvalue weighted by Crippen LogP contribution is 2.18. The summed E-state index contributed by atoms with van der Waals surface area (Å²) in [6.45, 7) is 3.70. The molecule has 0 aromatic carbocycles. The second-order valence-corrected chi connectivity index (χ2v) is 4.73. The number of aryl methyl sites for hydroxylation is 1.